The van der Waals surface area contributed by atoms with Crippen molar-refractivity contribution < 1.29 is 0 Å². The minimum Gasteiger partial charge on any atom is -0.313 e. The van der Waals surface area contributed by atoms with Gasteiger partial charge >= 0.3 is 0 Å². The minimum absolute atomic E-state index is 0.751. The summed E-state index contributed by atoms with van der Waals surface area (Å²) in [7, 11) is 0. The second-order valence-corrected chi connectivity index (χ2v) is 5.41. The number of hydrogen-bond donors (Lipinski definition) is 1. The van der Waals surface area contributed by atoms with Crippen LogP contribution in [0.4, 0.5) is 0 Å². The first-order valence-electron chi connectivity index (χ1n) is 7.13. The average molecular weight is 231 g/mol. The summed E-state index contributed by atoms with van der Waals surface area (Å²) in [6.45, 7) is 3.53. The Bertz CT molecular complexity index is 307. The summed E-state index contributed by atoms with van der Waals surface area (Å²) in [5.74, 6) is 0.855. The maximum atomic E-state index is 3.76. The number of hydrogen-bond acceptors (Lipinski definition) is 1. The zero-order chi connectivity index (χ0) is 11.9. The van der Waals surface area contributed by atoms with Gasteiger partial charge in [-0.25, -0.2) is 0 Å². The third-order valence-corrected chi connectivity index (χ3v) is 4.02. The fourth-order valence-electron chi connectivity index (χ4n) is 2.84. The van der Waals surface area contributed by atoms with Gasteiger partial charge in [-0.1, -0.05) is 56.5 Å². The molecule has 2 rings (SSSR count). The van der Waals surface area contributed by atoms with Crippen LogP contribution >= 0.6 is 0 Å². The summed E-state index contributed by atoms with van der Waals surface area (Å²) in [5.41, 5.74) is 1.45. The Labute approximate surface area is 106 Å². The lowest BCUT2D eigenvalue weighted by Crippen LogP contribution is -2.35. The Hall–Kier alpha value is -0.820. The molecule has 1 heteroatoms. The fraction of sp³-hybridized carbons (Fsp3) is 0.625. The Morgan fingerprint density at radius 2 is 1.82 bits per heavy atom. The van der Waals surface area contributed by atoms with Gasteiger partial charge in [-0.05, 0) is 37.3 Å². The summed E-state index contributed by atoms with van der Waals surface area (Å²) in [5, 5.41) is 3.76. The molecule has 1 saturated carbocycles. The van der Waals surface area contributed by atoms with Crippen LogP contribution in [0.25, 0.3) is 0 Å². The molecule has 1 aromatic carbocycles. The van der Waals surface area contributed by atoms with Crippen LogP contribution in [-0.2, 0) is 6.42 Å². The predicted octanol–water partition coefficient (Wildman–Crippen LogP) is 3.79. The van der Waals surface area contributed by atoms with Gasteiger partial charge in [0, 0.05) is 6.04 Å². The molecule has 17 heavy (non-hydrogen) atoms. The molecule has 1 aliphatic rings. The quantitative estimate of drug-likeness (QED) is 0.777. The van der Waals surface area contributed by atoms with Crippen molar-refractivity contribution in [2.24, 2.45) is 5.92 Å². The standard InChI is InChI=1S/C16H25N/c1-14-8-4-2-7-11-16(14)17-13-12-15-9-5-3-6-10-15/h3,5-6,9-10,14,16-17H,2,4,7-8,11-13H2,1H3. The molecule has 0 aliphatic heterocycles. The first-order valence-corrected chi connectivity index (χ1v) is 7.13. The molecule has 1 fully saturated rings. The van der Waals surface area contributed by atoms with Crippen molar-refractivity contribution in [1.29, 1.82) is 0 Å². The van der Waals surface area contributed by atoms with Gasteiger partial charge in [0.05, 0.1) is 0 Å². The summed E-state index contributed by atoms with van der Waals surface area (Å²) >= 11 is 0. The predicted molar refractivity (Wildman–Crippen MR) is 74.2 cm³/mol. The number of nitrogens with one attached hydrogen (secondary N) is 1. The summed E-state index contributed by atoms with van der Waals surface area (Å²) in [6.07, 6.45) is 8.20. The molecule has 1 aliphatic carbocycles. The van der Waals surface area contributed by atoms with E-state index in [4.69, 9.17) is 0 Å². The van der Waals surface area contributed by atoms with Crippen LogP contribution < -0.4 is 5.32 Å². The topological polar surface area (TPSA) is 12.0 Å². The lowest BCUT2D eigenvalue weighted by atomic mass is 9.97. The Morgan fingerprint density at radius 3 is 2.65 bits per heavy atom. The van der Waals surface area contributed by atoms with E-state index in [1.807, 2.05) is 0 Å². The molecule has 0 amide bonds. The molecule has 2 unspecified atom stereocenters. The lowest BCUT2D eigenvalue weighted by Gasteiger charge is -2.22. The largest absolute Gasteiger partial charge is 0.313 e. The van der Waals surface area contributed by atoms with E-state index in [1.54, 1.807) is 0 Å². The van der Waals surface area contributed by atoms with Crippen LogP contribution in [0.15, 0.2) is 30.3 Å². The van der Waals surface area contributed by atoms with Crippen molar-refractivity contribution >= 4 is 0 Å². The highest BCUT2D eigenvalue weighted by Gasteiger charge is 2.18. The van der Waals surface area contributed by atoms with E-state index in [2.05, 4.69) is 42.6 Å². The molecule has 0 bridgehead atoms. The summed E-state index contributed by atoms with van der Waals surface area (Å²) < 4.78 is 0. The van der Waals surface area contributed by atoms with Crippen molar-refractivity contribution in [2.45, 2.75) is 51.5 Å². The molecule has 1 aromatic rings. The molecule has 0 spiro atoms. The molecule has 2 atom stereocenters. The van der Waals surface area contributed by atoms with Crippen LogP contribution in [0, 0.1) is 5.92 Å². The molecule has 0 aromatic heterocycles. The molecular weight excluding hydrogens is 206 g/mol. The van der Waals surface area contributed by atoms with Crippen LogP contribution in [-0.4, -0.2) is 12.6 Å². The Kier molecular flexibility index (Phi) is 5.06. The van der Waals surface area contributed by atoms with Crippen molar-refractivity contribution in [1.82, 2.24) is 5.32 Å². The lowest BCUT2D eigenvalue weighted by molar-refractivity contribution is 0.359. The maximum absolute atomic E-state index is 3.76. The van der Waals surface area contributed by atoms with Gasteiger partial charge in [-0.3, -0.25) is 0 Å². The second-order valence-electron chi connectivity index (χ2n) is 5.41. The molecule has 0 radical (unpaired) electrons. The van der Waals surface area contributed by atoms with Crippen LogP contribution in [0.5, 0.6) is 0 Å². The van der Waals surface area contributed by atoms with E-state index < -0.39 is 0 Å². The minimum atomic E-state index is 0.751. The Morgan fingerprint density at radius 1 is 1.06 bits per heavy atom. The van der Waals surface area contributed by atoms with Gasteiger partial charge in [0.25, 0.3) is 0 Å². The molecule has 1 N–H and O–H groups in total. The monoisotopic (exact) mass is 231 g/mol. The van der Waals surface area contributed by atoms with E-state index in [-0.39, 0.29) is 0 Å². The van der Waals surface area contributed by atoms with Crippen molar-refractivity contribution in [3.05, 3.63) is 35.9 Å². The van der Waals surface area contributed by atoms with Crippen molar-refractivity contribution in [3.63, 3.8) is 0 Å². The first kappa shape index (κ1) is 12.6. The zero-order valence-corrected chi connectivity index (χ0v) is 11.0. The fourth-order valence-corrected chi connectivity index (χ4v) is 2.84. The van der Waals surface area contributed by atoms with E-state index in [0.29, 0.717) is 0 Å². The van der Waals surface area contributed by atoms with Crippen molar-refractivity contribution in [3.8, 4) is 0 Å². The van der Waals surface area contributed by atoms with Crippen LogP contribution in [0.1, 0.15) is 44.6 Å². The molecule has 1 nitrogen and oxygen atoms in total. The van der Waals surface area contributed by atoms with E-state index in [1.165, 1.54) is 37.7 Å². The average Bonchev–Trinajstić information content (AvgIpc) is 2.56. The van der Waals surface area contributed by atoms with Crippen LogP contribution in [0.3, 0.4) is 0 Å². The number of benzene rings is 1. The van der Waals surface area contributed by atoms with Gasteiger partial charge in [0.1, 0.15) is 0 Å². The maximum Gasteiger partial charge on any atom is 0.00928 e. The SMILES string of the molecule is CC1CCCCCC1NCCc1ccccc1. The third-order valence-electron chi connectivity index (χ3n) is 4.02. The van der Waals surface area contributed by atoms with Gasteiger partial charge < -0.3 is 5.32 Å². The highest BCUT2D eigenvalue weighted by atomic mass is 14.9. The second kappa shape index (κ2) is 6.80. The summed E-state index contributed by atoms with van der Waals surface area (Å²) in [4.78, 5) is 0. The van der Waals surface area contributed by atoms with E-state index in [0.717, 1.165) is 24.9 Å². The third kappa shape index (κ3) is 4.16. The van der Waals surface area contributed by atoms with Crippen LogP contribution in [0.2, 0.25) is 0 Å². The first-order chi connectivity index (χ1) is 8.36. The smallest absolute Gasteiger partial charge is 0.00928 e. The van der Waals surface area contributed by atoms with Gasteiger partial charge in [0.15, 0.2) is 0 Å². The molecular formula is C16H25N. The highest BCUT2D eigenvalue weighted by Crippen LogP contribution is 2.22. The summed E-state index contributed by atoms with van der Waals surface area (Å²) in [6, 6.07) is 11.5. The van der Waals surface area contributed by atoms with Crippen molar-refractivity contribution in [2.75, 3.05) is 6.54 Å². The molecule has 0 saturated heterocycles. The van der Waals surface area contributed by atoms with Gasteiger partial charge in [-0.15, -0.1) is 0 Å². The highest BCUT2D eigenvalue weighted by molar-refractivity contribution is 5.14. The normalized spacial score (nSPS) is 25.5. The number of rotatable bonds is 4. The van der Waals surface area contributed by atoms with E-state index in [9.17, 15) is 0 Å². The molecule has 0 heterocycles. The van der Waals surface area contributed by atoms with E-state index >= 15 is 0 Å². The van der Waals surface area contributed by atoms with Gasteiger partial charge in [-0.2, -0.15) is 0 Å². The molecule has 94 valence electrons. The zero-order valence-electron chi connectivity index (χ0n) is 11.0. The van der Waals surface area contributed by atoms with Gasteiger partial charge in [0.2, 0.25) is 0 Å². The Balaban J connectivity index is 1.73.